The van der Waals surface area contributed by atoms with E-state index in [-0.39, 0.29) is 32.6 Å². The molecule has 4 saturated carbocycles. The van der Waals surface area contributed by atoms with E-state index in [2.05, 4.69) is 17.3 Å². The highest BCUT2D eigenvalue weighted by atomic mass is 32.1. The largest absolute Gasteiger partial charge is 0.373 e. The van der Waals surface area contributed by atoms with Gasteiger partial charge in [-0.1, -0.05) is 21.6 Å². The van der Waals surface area contributed by atoms with Crippen LogP contribution in [0.2, 0.25) is 0 Å². The Hall–Kier alpha value is -1.11. The first-order valence-corrected chi connectivity index (χ1v) is 9.54. The first kappa shape index (κ1) is 17.3. The number of thiocarbonyl (C=S) groups is 1. The van der Waals surface area contributed by atoms with Crippen LogP contribution in [0.5, 0.6) is 0 Å². The van der Waals surface area contributed by atoms with Gasteiger partial charge in [0.2, 0.25) is 0 Å². The molecule has 138 valence electrons. The van der Waals surface area contributed by atoms with Crippen LogP contribution < -0.4 is 5.32 Å². The second kappa shape index (κ2) is 5.96. The third-order valence-corrected chi connectivity index (χ3v) is 7.20. The van der Waals surface area contributed by atoms with Crippen molar-refractivity contribution in [3.05, 3.63) is 17.0 Å². The van der Waals surface area contributed by atoms with Gasteiger partial charge in [0.1, 0.15) is 10.7 Å². The molecule has 3 nitrogen and oxygen atoms in total. The van der Waals surface area contributed by atoms with Gasteiger partial charge in [-0.25, -0.2) is 8.78 Å². The first-order valence-electron chi connectivity index (χ1n) is 9.14. The molecule has 1 atom stereocenters. The number of alkyl halides is 2. The summed E-state index contributed by atoms with van der Waals surface area (Å²) in [7, 11) is 0. The normalized spacial score (nSPS) is 34.6. The van der Waals surface area contributed by atoms with E-state index >= 15 is 0 Å². The van der Waals surface area contributed by atoms with E-state index in [0.29, 0.717) is 0 Å². The van der Waals surface area contributed by atoms with Crippen molar-refractivity contribution in [3.8, 4) is 0 Å². The van der Waals surface area contributed by atoms with Gasteiger partial charge in [0, 0.05) is 6.04 Å². The maximum absolute atomic E-state index is 13.7. The molecule has 0 amide bonds. The predicted octanol–water partition coefficient (Wildman–Crippen LogP) is 4.73. The molecule has 4 aliphatic carbocycles. The van der Waals surface area contributed by atoms with Crippen LogP contribution in [0.4, 0.5) is 13.3 Å². The molecule has 1 aromatic heterocycles. The first-order chi connectivity index (χ1) is 11.8. The van der Waals surface area contributed by atoms with Gasteiger partial charge >= 0.3 is 0 Å². The maximum Gasteiger partial charge on any atom is 0.282 e. The molecular formula is C18H24F3N3S. The third kappa shape index (κ3) is 2.78. The molecule has 4 bridgehead atoms. The SMILES string of the molecule is Cc1c(C(=S)NC(C)C23CC4CC(CC(C4)C2)C3)c(C(F)F)nn1F. The molecule has 1 heterocycles. The Bertz CT molecular complexity index is 665. The third-order valence-electron chi connectivity index (χ3n) is 6.88. The molecule has 0 saturated heterocycles. The van der Waals surface area contributed by atoms with Crippen LogP contribution >= 0.6 is 12.2 Å². The average molecular weight is 371 g/mol. The van der Waals surface area contributed by atoms with Crippen LogP contribution in [-0.2, 0) is 0 Å². The Labute approximate surface area is 151 Å². The summed E-state index contributed by atoms with van der Waals surface area (Å²) in [6, 6.07) is 0.0984. The van der Waals surface area contributed by atoms with Crippen molar-refractivity contribution in [2.75, 3.05) is 0 Å². The number of halogens is 3. The Morgan fingerprint density at radius 3 is 2.20 bits per heavy atom. The van der Waals surface area contributed by atoms with E-state index in [1.807, 2.05) is 0 Å². The van der Waals surface area contributed by atoms with Crippen LogP contribution in [-0.4, -0.2) is 21.0 Å². The second-order valence-corrected chi connectivity index (χ2v) is 8.89. The van der Waals surface area contributed by atoms with Gasteiger partial charge in [-0.05, 0) is 75.5 Å². The molecule has 0 spiro atoms. The van der Waals surface area contributed by atoms with Crippen LogP contribution in [0.25, 0.3) is 0 Å². The summed E-state index contributed by atoms with van der Waals surface area (Å²) in [5.74, 6) is 2.41. The van der Waals surface area contributed by atoms with Crippen molar-refractivity contribution in [1.29, 1.82) is 0 Å². The average Bonchev–Trinajstić information content (AvgIpc) is 2.82. The van der Waals surface area contributed by atoms with Crippen LogP contribution in [0.3, 0.4) is 0 Å². The van der Waals surface area contributed by atoms with Crippen molar-refractivity contribution in [3.63, 3.8) is 0 Å². The quantitative estimate of drug-likeness (QED) is 0.776. The smallest absolute Gasteiger partial charge is 0.282 e. The number of hydrogen-bond acceptors (Lipinski definition) is 2. The van der Waals surface area contributed by atoms with Crippen LogP contribution in [0.1, 0.15) is 68.8 Å². The molecule has 7 heteroatoms. The lowest BCUT2D eigenvalue weighted by molar-refractivity contribution is -0.0671. The highest BCUT2D eigenvalue weighted by Crippen LogP contribution is 2.61. The highest BCUT2D eigenvalue weighted by molar-refractivity contribution is 7.80. The summed E-state index contributed by atoms with van der Waals surface area (Å²) in [5.41, 5.74) is -0.298. The van der Waals surface area contributed by atoms with Gasteiger partial charge < -0.3 is 5.32 Å². The Morgan fingerprint density at radius 2 is 1.72 bits per heavy atom. The van der Waals surface area contributed by atoms with Gasteiger partial charge in [-0.15, -0.1) is 5.10 Å². The molecule has 0 aromatic carbocycles. The van der Waals surface area contributed by atoms with Gasteiger partial charge in [-0.2, -0.15) is 0 Å². The zero-order valence-electron chi connectivity index (χ0n) is 14.6. The van der Waals surface area contributed by atoms with Crippen molar-refractivity contribution in [2.24, 2.45) is 23.2 Å². The molecule has 1 N–H and O–H groups in total. The lowest BCUT2D eigenvalue weighted by Crippen LogP contribution is -2.55. The van der Waals surface area contributed by atoms with E-state index in [9.17, 15) is 13.3 Å². The van der Waals surface area contributed by atoms with Crippen LogP contribution in [0, 0.1) is 30.1 Å². The molecular weight excluding hydrogens is 347 g/mol. The van der Waals surface area contributed by atoms with Gasteiger partial charge in [0.15, 0.2) is 0 Å². The summed E-state index contributed by atoms with van der Waals surface area (Å²) in [6.07, 6.45) is 4.77. The van der Waals surface area contributed by atoms with Crippen molar-refractivity contribution < 1.29 is 13.3 Å². The molecule has 5 rings (SSSR count). The van der Waals surface area contributed by atoms with E-state index in [4.69, 9.17) is 12.2 Å². The topological polar surface area (TPSA) is 29.9 Å². The van der Waals surface area contributed by atoms with E-state index in [1.54, 1.807) is 0 Å². The molecule has 1 unspecified atom stereocenters. The fraction of sp³-hybridized carbons (Fsp3) is 0.778. The second-order valence-electron chi connectivity index (χ2n) is 8.48. The van der Waals surface area contributed by atoms with Gasteiger partial charge in [0.25, 0.3) is 6.43 Å². The number of aromatic nitrogens is 2. The number of hydrogen-bond donors (Lipinski definition) is 1. The number of rotatable bonds is 4. The predicted molar refractivity (Wildman–Crippen MR) is 93.3 cm³/mol. The molecule has 0 aliphatic heterocycles. The summed E-state index contributed by atoms with van der Waals surface area (Å²) < 4.78 is 40.1. The Morgan fingerprint density at radius 1 is 1.20 bits per heavy atom. The zero-order valence-corrected chi connectivity index (χ0v) is 15.4. The monoisotopic (exact) mass is 371 g/mol. The summed E-state index contributed by atoms with van der Waals surface area (Å²) in [5, 5.41) is 6.58. The lowest BCUT2D eigenvalue weighted by atomic mass is 9.48. The lowest BCUT2D eigenvalue weighted by Gasteiger charge is -2.59. The van der Waals surface area contributed by atoms with Gasteiger partial charge in [-0.3, -0.25) is 0 Å². The van der Waals surface area contributed by atoms with Crippen molar-refractivity contribution in [2.45, 2.75) is 64.8 Å². The summed E-state index contributed by atoms with van der Waals surface area (Å²) >= 11 is 5.39. The molecule has 4 aliphatic rings. The fourth-order valence-electron chi connectivity index (χ4n) is 6.06. The van der Waals surface area contributed by atoms with E-state index < -0.39 is 12.1 Å². The molecule has 0 radical (unpaired) electrons. The summed E-state index contributed by atoms with van der Waals surface area (Å²) in [4.78, 5) is 0.195. The Balaban J connectivity index is 1.56. The fourth-order valence-corrected chi connectivity index (χ4v) is 6.49. The number of nitrogens with one attached hydrogen (secondary N) is 1. The van der Waals surface area contributed by atoms with Gasteiger partial charge in [0.05, 0.1) is 11.3 Å². The van der Waals surface area contributed by atoms with Crippen molar-refractivity contribution in [1.82, 2.24) is 15.3 Å². The van der Waals surface area contributed by atoms with Crippen LogP contribution in [0.15, 0.2) is 0 Å². The molecule has 1 aromatic rings. The standard InChI is InChI=1S/C18H24F3N3S/c1-9-14(15(16(19)20)23-24(9)21)17(25)22-10(2)18-6-11-3-12(7-18)5-13(4-11)8-18/h10-13,16H,3-8H2,1-2H3,(H,22,25). The minimum atomic E-state index is -2.85. The highest BCUT2D eigenvalue weighted by Gasteiger charge is 2.53. The summed E-state index contributed by atoms with van der Waals surface area (Å²) in [6.45, 7) is 3.54. The van der Waals surface area contributed by atoms with E-state index in [1.165, 1.54) is 45.4 Å². The number of nitrogens with zero attached hydrogens (tertiary/aromatic N) is 2. The molecule has 4 fully saturated rings. The minimum absolute atomic E-state index is 0.000194. The van der Waals surface area contributed by atoms with Crippen molar-refractivity contribution >= 4 is 17.2 Å². The Kier molecular flexibility index (Phi) is 4.13. The minimum Gasteiger partial charge on any atom is -0.373 e. The van der Waals surface area contributed by atoms with E-state index in [0.717, 1.165) is 17.8 Å². The molecule has 25 heavy (non-hydrogen) atoms. The zero-order chi connectivity index (χ0) is 17.9. The maximum atomic E-state index is 13.7.